The Balaban J connectivity index is 2.95. The SMILES string of the molecule is CC[C@@H](/C=C/[C@H](C)NS(=O)(=O)c1ccccc1[N+](=O)[O-])C(=O)OC. The summed E-state index contributed by atoms with van der Waals surface area (Å²) in [6, 6.07) is 4.43. The first-order valence-electron chi connectivity index (χ1n) is 7.24. The Hall–Kier alpha value is -2.26. The highest BCUT2D eigenvalue weighted by atomic mass is 32.2. The summed E-state index contributed by atoms with van der Waals surface area (Å²) >= 11 is 0. The molecule has 0 bridgehead atoms. The zero-order chi connectivity index (χ0) is 18.3. The van der Waals surface area contributed by atoms with Gasteiger partial charge in [0.05, 0.1) is 18.0 Å². The molecule has 0 heterocycles. The van der Waals surface area contributed by atoms with Crippen LogP contribution in [0.25, 0.3) is 0 Å². The Morgan fingerprint density at radius 2 is 2.00 bits per heavy atom. The van der Waals surface area contributed by atoms with Crippen LogP contribution in [0.4, 0.5) is 5.69 Å². The van der Waals surface area contributed by atoms with Crippen LogP contribution in [-0.2, 0) is 19.6 Å². The van der Waals surface area contributed by atoms with Crippen molar-refractivity contribution in [1.29, 1.82) is 0 Å². The molecule has 0 aliphatic heterocycles. The molecule has 132 valence electrons. The van der Waals surface area contributed by atoms with Crippen LogP contribution in [0, 0.1) is 16.0 Å². The summed E-state index contributed by atoms with van der Waals surface area (Å²) in [5, 5.41) is 11.0. The van der Waals surface area contributed by atoms with E-state index < -0.39 is 43.5 Å². The van der Waals surface area contributed by atoms with E-state index in [4.69, 9.17) is 0 Å². The molecule has 0 spiro atoms. The third kappa shape index (κ3) is 5.14. The summed E-state index contributed by atoms with van der Waals surface area (Å²) in [6.07, 6.45) is 3.57. The van der Waals surface area contributed by atoms with Crippen molar-refractivity contribution >= 4 is 21.7 Å². The minimum Gasteiger partial charge on any atom is -0.469 e. The number of ether oxygens (including phenoxy) is 1. The van der Waals surface area contributed by atoms with E-state index in [-0.39, 0.29) is 0 Å². The molecular weight excluding hydrogens is 336 g/mol. The third-order valence-corrected chi connectivity index (χ3v) is 4.87. The van der Waals surface area contributed by atoms with Gasteiger partial charge in [-0.2, -0.15) is 0 Å². The number of hydrogen-bond donors (Lipinski definition) is 1. The zero-order valence-electron chi connectivity index (χ0n) is 13.6. The topological polar surface area (TPSA) is 116 Å². The average Bonchev–Trinajstić information content (AvgIpc) is 2.54. The average molecular weight is 356 g/mol. The highest BCUT2D eigenvalue weighted by Gasteiger charge is 2.26. The molecule has 0 amide bonds. The molecule has 1 aromatic rings. The van der Waals surface area contributed by atoms with Crippen LogP contribution in [0.2, 0.25) is 0 Å². The second kappa shape index (κ2) is 8.55. The lowest BCUT2D eigenvalue weighted by atomic mass is 10.1. The summed E-state index contributed by atoms with van der Waals surface area (Å²) in [5.74, 6) is -0.893. The van der Waals surface area contributed by atoms with Crippen LogP contribution >= 0.6 is 0 Å². The van der Waals surface area contributed by atoms with Crippen molar-refractivity contribution in [2.75, 3.05) is 7.11 Å². The number of rotatable bonds is 8. The number of hydrogen-bond acceptors (Lipinski definition) is 6. The number of nitrogens with zero attached hydrogens (tertiary/aromatic N) is 1. The molecule has 0 saturated carbocycles. The van der Waals surface area contributed by atoms with Crippen molar-refractivity contribution in [2.24, 2.45) is 5.92 Å². The molecular formula is C15H20N2O6S. The van der Waals surface area contributed by atoms with Crippen LogP contribution in [0.5, 0.6) is 0 Å². The van der Waals surface area contributed by atoms with Crippen molar-refractivity contribution in [3.8, 4) is 0 Å². The summed E-state index contributed by atoms with van der Waals surface area (Å²) in [6.45, 7) is 3.36. The second-order valence-electron chi connectivity index (χ2n) is 5.06. The van der Waals surface area contributed by atoms with Gasteiger partial charge in [-0.15, -0.1) is 0 Å². The maximum atomic E-state index is 12.3. The van der Waals surface area contributed by atoms with E-state index >= 15 is 0 Å². The molecule has 0 fully saturated rings. The number of para-hydroxylation sites is 1. The molecule has 0 radical (unpaired) electrons. The molecule has 8 nitrogen and oxygen atoms in total. The Kier molecular flexibility index (Phi) is 7.05. The van der Waals surface area contributed by atoms with Gasteiger partial charge in [-0.05, 0) is 19.4 Å². The number of esters is 1. The van der Waals surface area contributed by atoms with Gasteiger partial charge in [-0.25, -0.2) is 13.1 Å². The van der Waals surface area contributed by atoms with Gasteiger partial charge in [0.25, 0.3) is 5.69 Å². The number of carbonyl (C=O) groups is 1. The molecule has 24 heavy (non-hydrogen) atoms. The lowest BCUT2D eigenvalue weighted by Gasteiger charge is -2.12. The maximum Gasteiger partial charge on any atom is 0.312 e. The Morgan fingerprint density at radius 1 is 1.38 bits per heavy atom. The highest BCUT2D eigenvalue weighted by molar-refractivity contribution is 7.89. The molecule has 9 heteroatoms. The Bertz CT molecular complexity index is 729. The van der Waals surface area contributed by atoms with Gasteiger partial charge in [0.15, 0.2) is 4.90 Å². The second-order valence-corrected chi connectivity index (χ2v) is 6.74. The zero-order valence-corrected chi connectivity index (χ0v) is 14.4. The molecule has 2 atom stereocenters. The summed E-state index contributed by atoms with van der Waals surface area (Å²) in [5.41, 5.74) is -0.498. The van der Waals surface area contributed by atoms with Crippen LogP contribution in [-0.4, -0.2) is 32.5 Å². The molecule has 1 rings (SSSR count). The number of nitro groups is 1. The standard InChI is InChI=1S/C15H20N2O6S/c1-4-12(15(18)23-3)10-9-11(2)16-24(21,22)14-8-6-5-7-13(14)17(19)20/h5-12,16H,4H2,1-3H3/b10-9+/t11-,12-/m0/s1. The number of nitro benzene ring substituents is 1. The van der Waals surface area contributed by atoms with Crippen molar-refractivity contribution in [1.82, 2.24) is 4.72 Å². The van der Waals surface area contributed by atoms with Gasteiger partial charge in [-0.3, -0.25) is 14.9 Å². The molecule has 0 saturated heterocycles. The van der Waals surface area contributed by atoms with Gasteiger partial charge in [0.2, 0.25) is 10.0 Å². The van der Waals surface area contributed by atoms with E-state index in [1.165, 1.54) is 31.4 Å². The fourth-order valence-electron chi connectivity index (χ4n) is 2.02. The van der Waals surface area contributed by atoms with Crippen molar-refractivity contribution in [2.45, 2.75) is 31.2 Å². The first kappa shape index (κ1) is 19.8. The Labute approximate surface area is 140 Å². The van der Waals surface area contributed by atoms with E-state index in [0.717, 1.165) is 6.07 Å². The minimum atomic E-state index is -4.07. The van der Waals surface area contributed by atoms with Gasteiger partial charge < -0.3 is 4.74 Å². The van der Waals surface area contributed by atoms with Crippen LogP contribution in [0.1, 0.15) is 20.3 Å². The molecule has 1 N–H and O–H groups in total. The quantitative estimate of drug-likeness (QED) is 0.330. The van der Waals surface area contributed by atoms with E-state index in [2.05, 4.69) is 9.46 Å². The predicted octanol–water partition coefficient (Wildman–Crippen LogP) is 2.02. The number of carbonyl (C=O) groups excluding carboxylic acids is 1. The number of sulfonamides is 1. The lowest BCUT2D eigenvalue weighted by molar-refractivity contribution is -0.387. The smallest absolute Gasteiger partial charge is 0.312 e. The van der Waals surface area contributed by atoms with Gasteiger partial charge >= 0.3 is 5.97 Å². The highest BCUT2D eigenvalue weighted by Crippen LogP contribution is 2.23. The van der Waals surface area contributed by atoms with Crippen molar-refractivity contribution < 1.29 is 22.9 Å². The van der Waals surface area contributed by atoms with Crippen LogP contribution < -0.4 is 4.72 Å². The van der Waals surface area contributed by atoms with Gasteiger partial charge in [0, 0.05) is 12.1 Å². The van der Waals surface area contributed by atoms with Crippen molar-refractivity contribution in [3.05, 3.63) is 46.5 Å². The molecule has 0 aliphatic rings. The van der Waals surface area contributed by atoms with Crippen LogP contribution in [0.3, 0.4) is 0 Å². The number of benzene rings is 1. The fourth-order valence-corrected chi connectivity index (χ4v) is 3.39. The maximum absolute atomic E-state index is 12.3. The molecule has 0 aliphatic carbocycles. The molecule has 0 aromatic heterocycles. The van der Waals surface area contributed by atoms with Gasteiger partial charge in [-0.1, -0.05) is 31.2 Å². The Morgan fingerprint density at radius 3 is 2.54 bits per heavy atom. The number of nitrogens with one attached hydrogen (secondary N) is 1. The van der Waals surface area contributed by atoms with E-state index in [9.17, 15) is 23.3 Å². The van der Waals surface area contributed by atoms with Crippen LogP contribution in [0.15, 0.2) is 41.3 Å². The summed E-state index contributed by atoms with van der Waals surface area (Å²) in [7, 11) is -2.80. The normalized spacial score (nSPS) is 14.3. The van der Waals surface area contributed by atoms with Gasteiger partial charge in [0.1, 0.15) is 0 Å². The van der Waals surface area contributed by atoms with E-state index in [1.807, 2.05) is 0 Å². The summed E-state index contributed by atoms with van der Waals surface area (Å²) < 4.78 is 31.6. The van der Waals surface area contributed by atoms with E-state index in [0.29, 0.717) is 6.42 Å². The van der Waals surface area contributed by atoms with E-state index in [1.54, 1.807) is 19.9 Å². The minimum absolute atomic E-state index is 0.407. The monoisotopic (exact) mass is 356 g/mol. The lowest BCUT2D eigenvalue weighted by Crippen LogP contribution is -2.31. The molecule has 0 unspecified atom stereocenters. The van der Waals surface area contributed by atoms with Crippen molar-refractivity contribution in [3.63, 3.8) is 0 Å². The first-order valence-corrected chi connectivity index (χ1v) is 8.73. The predicted molar refractivity (Wildman–Crippen MR) is 87.8 cm³/mol. The first-order chi connectivity index (χ1) is 11.2. The third-order valence-electron chi connectivity index (χ3n) is 3.27. The fraction of sp³-hybridized carbons (Fsp3) is 0.400. The molecule has 1 aromatic carbocycles. The number of methoxy groups -OCH3 is 1. The summed E-state index contributed by atoms with van der Waals surface area (Å²) in [4.78, 5) is 21.3. The largest absolute Gasteiger partial charge is 0.469 e.